The van der Waals surface area contributed by atoms with Crippen LogP contribution < -0.4 is 17.0 Å². The summed E-state index contributed by atoms with van der Waals surface area (Å²) < 4.78 is 1.10. The number of unbranched alkanes of at least 4 members (excludes halogenated alkanes) is 17. The normalized spacial score (nSPS) is 10.5. The van der Waals surface area contributed by atoms with Gasteiger partial charge in [0.25, 0.3) is 0 Å². The lowest BCUT2D eigenvalue weighted by Gasteiger charge is -2.23. The van der Waals surface area contributed by atoms with E-state index in [0.717, 1.165) is 17.3 Å². The Bertz CT molecular complexity index is 455. The zero-order valence-corrected chi connectivity index (χ0v) is 22.6. The summed E-state index contributed by atoms with van der Waals surface area (Å²) in [5, 5.41) is 0. The molecule has 0 aromatic carbocycles. The van der Waals surface area contributed by atoms with Gasteiger partial charge in [0.1, 0.15) is 0 Å². The van der Waals surface area contributed by atoms with Gasteiger partial charge in [0, 0.05) is 12.8 Å². The van der Waals surface area contributed by atoms with Crippen molar-refractivity contribution in [2.45, 2.75) is 129 Å². The van der Waals surface area contributed by atoms with Crippen LogP contribution in [-0.4, -0.2) is 32.2 Å². The first kappa shape index (κ1) is 31.7. The molecule has 0 spiro atoms. The monoisotopic (exact) mass is 481 g/mol. The smallest absolute Gasteiger partial charge is 0.0780 e. The molecule has 0 aliphatic rings. The van der Waals surface area contributed by atoms with Gasteiger partial charge in [-0.05, 0) is 37.5 Å². The van der Waals surface area contributed by atoms with Crippen LogP contribution in [0.2, 0.25) is 0 Å². The minimum Gasteiger partial charge on any atom is -1.00 e. The molecule has 0 aromatic heterocycles. The maximum atomic E-state index is 3.23. The Morgan fingerprint density at radius 1 is 0.467 bits per heavy atom. The standard InChI is InChI=1S/C28H52N.BrH/c1-5-6-7-8-9-10-11-12-13-14-15-16-17-18-19-20-21-22-23-24-25-26-27-28-29(2,3)4;/h5-15,20-28H2,1-4H3;1H/q+1;/p-1. The van der Waals surface area contributed by atoms with Crippen LogP contribution in [0.25, 0.3) is 0 Å². The second-order valence-electron chi connectivity index (χ2n) is 9.77. The molecule has 0 fully saturated rings. The van der Waals surface area contributed by atoms with Gasteiger partial charge in [0.05, 0.1) is 27.7 Å². The Balaban J connectivity index is 0. The van der Waals surface area contributed by atoms with Crippen molar-refractivity contribution in [2.24, 2.45) is 0 Å². The van der Waals surface area contributed by atoms with Crippen LogP contribution in [0, 0.1) is 23.7 Å². The van der Waals surface area contributed by atoms with Gasteiger partial charge in [-0.2, -0.15) is 0 Å². The fourth-order valence-corrected chi connectivity index (χ4v) is 3.60. The van der Waals surface area contributed by atoms with Crippen molar-refractivity contribution < 1.29 is 21.5 Å². The lowest BCUT2D eigenvalue weighted by molar-refractivity contribution is -0.870. The molecule has 0 aliphatic carbocycles. The molecule has 30 heavy (non-hydrogen) atoms. The first-order chi connectivity index (χ1) is 14.1. The highest BCUT2D eigenvalue weighted by Crippen LogP contribution is 2.11. The molecular weight excluding hydrogens is 430 g/mol. The van der Waals surface area contributed by atoms with E-state index in [2.05, 4.69) is 51.7 Å². The van der Waals surface area contributed by atoms with E-state index in [1.165, 1.54) is 116 Å². The quantitative estimate of drug-likeness (QED) is 0.136. The third-order valence-corrected chi connectivity index (χ3v) is 5.53. The molecule has 0 unspecified atom stereocenters. The summed E-state index contributed by atoms with van der Waals surface area (Å²) in [6.45, 7) is 3.59. The summed E-state index contributed by atoms with van der Waals surface area (Å²) in [4.78, 5) is 0. The van der Waals surface area contributed by atoms with Crippen molar-refractivity contribution in [3.8, 4) is 23.7 Å². The number of hydrogen-bond donors (Lipinski definition) is 0. The van der Waals surface area contributed by atoms with Crippen LogP contribution in [0.4, 0.5) is 0 Å². The molecule has 0 N–H and O–H groups in total. The Labute approximate surface area is 201 Å². The van der Waals surface area contributed by atoms with Crippen LogP contribution in [0.5, 0.6) is 0 Å². The summed E-state index contributed by atoms with van der Waals surface area (Å²) in [6, 6.07) is 0. The third kappa shape index (κ3) is 29.8. The van der Waals surface area contributed by atoms with E-state index in [1.54, 1.807) is 0 Å². The molecule has 0 rings (SSSR count). The Morgan fingerprint density at radius 3 is 1.17 bits per heavy atom. The molecule has 0 amide bonds. The first-order valence-corrected chi connectivity index (χ1v) is 12.8. The fraction of sp³-hybridized carbons (Fsp3) is 0.857. The number of hydrogen-bond acceptors (Lipinski definition) is 0. The van der Waals surface area contributed by atoms with E-state index in [0.29, 0.717) is 0 Å². The molecular formula is C28H52BrN. The van der Waals surface area contributed by atoms with Crippen molar-refractivity contribution >= 4 is 0 Å². The van der Waals surface area contributed by atoms with Gasteiger partial charge in [-0.25, -0.2) is 0 Å². The van der Waals surface area contributed by atoms with Gasteiger partial charge in [-0.15, -0.1) is 0 Å². The highest BCUT2D eigenvalue weighted by molar-refractivity contribution is 5.25. The van der Waals surface area contributed by atoms with Crippen molar-refractivity contribution in [1.29, 1.82) is 0 Å². The highest BCUT2D eigenvalue weighted by Gasteiger charge is 2.04. The summed E-state index contributed by atoms with van der Waals surface area (Å²) in [5.74, 6) is 12.5. The van der Waals surface area contributed by atoms with Crippen molar-refractivity contribution in [3.05, 3.63) is 0 Å². The molecule has 0 aromatic rings. The molecule has 0 bridgehead atoms. The van der Waals surface area contributed by atoms with Crippen LogP contribution in [-0.2, 0) is 0 Å². The summed E-state index contributed by atoms with van der Waals surface area (Å²) in [5.41, 5.74) is 0. The second kappa shape index (κ2) is 24.8. The minimum absolute atomic E-state index is 0. The van der Waals surface area contributed by atoms with E-state index in [9.17, 15) is 0 Å². The Morgan fingerprint density at radius 2 is 0.800 bits per heavy atom. The van der Waals surface area contributed by atoms with Crippen molar-refractivity contribution in [3.63, 3.8) is 0 Å². The molecule has 176 valence electrons. The molecule has 0 radical (unpaired) electrons. The maximum Gasteiger partial charge on any atom is 0.0780 e. The number of nitrogens with zero attached hydrogens (tertiary/aromatic N) is 1. The lowest BCUT2D eigenvalue weighted by Crippen LogP contribution is -3.00. The molecule has 0 saturated carbocycles. The van der Waals surface area contributed by atoms with Crippen molar-refractivity contribution in [1.82, 2.24) is 0 Å². The van der Waals surface area contributed by atoms with Crippen LogP contribution in [0.15, 0.2) is 0 Å². The molecule has 1 nitrogen and oxygen atoms in total. The van der Waals surface area contributed by atoms with Gasteiger partial charge >= 0.3 is 0 Å². The van der Waals surface area contributed by atoms with Crippen molar-refractivity contribution in [2.75, 3.05) is 27.7 Å². The minimum atomic E-state index is 0. The Hall–Kier alpha value is -0.440. The highest BCUT2D eigenvalue weighted by atomic mass is 79.9. The van der Waals surface area contributed by atoms with Crippen LogP contribution in [0.3, 0.4) is 0 Å². The third-order valence-electron chi connectivity index (χ3n) is 5.53. The zero-order valence-electron chi connectivity index (χ0n) is 21.0. The predicted molar refractivity (Wildman–Crippen MR) is 132 cm³/mol. The van der Waals surface area contributed by atoms with Crippen LogP contribution in [0.1, 0.15) is 129 Å². The Kier molecular flexibility index (Phi) is 26.3. The molecule has 0 atom stereocenters. The van der Waals surface area contributed by atoms with E-state index in [1.807, 2.05) is 0 Å². The predicted octanol–water partition coefficient (Wildman–Crippen LogP) is 5.14. The van der Waals surface area contributed by atoms with E-state index < -0.39 is 0 Å². The summed E-state index contributed by atoms with van der Waals surface area (Å²) in [6.07, 6.45) is 25.4. The molecule has 0 heterocycles. The average molecular weight is 483 g/mol. The number of rotatable bonds is 19. The number of halogens is 1. The van der Waals surface area contributed by atoms with Gasteiger partial charge in [0.2, 0.25) is 0 Å². The van der Waals surface area contributed by atoms with Gasteiger partial charge in [-0.1, -0.05) is 102 Å². The first-order valence-electron chi connectivity index (χ1n) is 12.8. The van der Waals surface area contributed by atoms with Gasteiger partial charge < -0.3 is 21.5 Å². The van der Waals surface area contributed by atoms with E-state index in [4.69, 9.17) is 0 Å². The lowest BCUT2D eigenvalue weighted by atomic mass is 10.1. The van der Waals surface area contributed by atoms with Crippen LogP contribution >= 0.6 is 0 Å². The largest absolute Gasteiger partial charge is 1.00 e. The topological polar surface area (TPSA) is 0 Å². The van der Waals surface area contributed by atoms with E-state index >= 15 is 0 Å². The zero-order chi connectivity index (χ0) is 21.5. The van der Waals surface area contributed by atoms with Gasteiger partial charge in [-0.3, -0.25) is 0 Å². The maximum absolute atomic E-state index is 3.23. The fourth-order valence-electron chi connectivity index (χ4n) is 3.60. The molecule has 0 saturated heterocycles. The second-order valence-corrected chi connectivity index (χ2v) is 9.77. The molecule has 0 aliphatic heterocycles. The SMILES string of the molecule is CCCCCCCCCCCCC#CC#CCCCCCCCCC[N+](C)(C)C.[Br-]. The summed E-state index contributed by atoms with van der Waals surface area (Å²) >= 11 is 0. The average Bonchev–Trinajstić information content (AvgIpc) is 2.67. The number of quaternary nitrogens is 1. The van der Waals surface area contributed by atoms with Gasteiger partial charge in [0.15, 0.2) is 0 Å². The van der Waals surface area contributed by atoms with E-state index in [-0.39, 0.29) is 17.0 Å². The molecule has 2 heteroatoms. The summed E-state index contributed by atoms with van der Waals surface area (Å²) in [7, 11) is 6.84.